The number of hydrogen-bond donors (Lipinski definition) is 1. The number of rotatable bonds is 1. The van der Waals surface area contributed by atoms with Crippen LogP contribution in [0.1, 0.15) is 26.3 Å². The Morgan fingerprint density at radius 1 is 1.12 bits per heavy atom. The zero-order valence-corrected chi connectivity index (χ0v) is 10.7. The van der Waals surface area contributed by atoms with Crippen LogP contribution in [0.25, 0.3) is 11.1 Å². The number of hydrogen-bond acceptors (Lipinski definition) is 2. The van der Waals surface area contributed by atoms with E-state index in [2.05, 4.69) is 5.10 Å². The number of nitrogens with zero attached hydrogens (tertiary/aromatic N) is 2. The molecule has 1 aromatic heterocycles. The van der Waals surface area contributed by atoms with Crippen molar-refractivity contribution >= 4 is 0 Å². The summed E-state index contributed by atoms with van der Waals surface area (Å²) in [5.41, 5.74) is 2.74. The van der Waals surface area contributed by atoms with Crippen molar-refractivity contribution in [1.29, 1.82) is 0 Å². The maximum atomic E-state index is 10.2. The van der Waals surface area contributed by atoms with Crippen molar-refractivity contribution in [1.82, 2.24) is 9.78 Å². The van der Waals surface area contributed by atoms with E-state index < -0.39 is 0 Å². The lowest BCUT2D eigenvalue weighted by Gasteiger charge is -2.20. The molecule has 90 valence electrons. The molecule has 0 radical (unpaired) electrons. The minimum absolute atomic E-state index is 0.217. The van der Waals surface area contributed by atoms with Crippen molar-refractivity contribution in [3.63, 3.8) is 0 Å². The maximum Gasteiger partial charge on any atom is 0.217 e. The molecule has 3 nitrogen and oxygen atoms in total. The zero-order valence-electron chi connectivity index (χ0n) is 10.7. The largest absolute Gasteiger partial charge is 0.493 e. The molecule has 0 aliphatic carbocycles. The second-order valence-corrected chi connectivity index (χ2v) is 5.28. The Labute approximate surface area is 102 Å². The second kappa shape index (κ2) is 3.91. The summed E-state index contributed by atoms with van der Waals surface area (Å²) in [4.78, 5) is 0. The van der Waals surface area contributed by atoms with Gasteiger partial charge in [0.15, 0.2) is 0 Å². The number of aryl methyl sites for hydroxylation is 1. The quantitative estimate of drug-likeness (QED) is 0.816. The highest BCUT2D eigenvalue weighted by atomic mass is 16.3. The van der Waals surface area contributed by atoms with E-state index in [0.29, 0.717) is 0 Å². The average molecular weight is 230 g/mol. The Bertz CT molecular complexity index is 535. The third kappa shape index (κ3) is 2.05. The Morgan fingerprint density at radius 3 is 2.29 bits per heavy atom. The lowest BCUT2D eigenvalue weighted by atomic mass is 10.0. The van der Waals surface area contributed by atoms with Crippen molar-refractivity contribution in [3.05, 3.63) is 36.0 Å². The van der Waals surface area contributed by atoms with Gasteiger partial charge in [-0.1, -0.05) is 24.3 Å². The van der Waals surface area contributed by atoms with Crippen LogP contribution in [-0.4, -0.2) is 14.9 Å². The third-order valence-electron chi connectivity index (χ3n) is 2.81. The molecule has 0 aliphatic heterocycles. The van der Waals surface area contributed by atoms with Gasteiger partial charge in [-0.25, -0.2) is 4.68 Å². The molecule has 0 saturated carbocycles. The summed E-state index contributed by atoms with van der Waals surface area (Å²) >= 11 is 0. The van der Waals surface area contributed by atoms with E-state index in [1.165, 1.54) is 0 Å². The molecule has 2 aromatic rings. The SMILES string of the molecule is Cc1ccccc1-c1cnn(C(C)(C)C)c1O. The zero-order chi connectivity index (χ0) is 12.6. The molecule has 0 atom stereocenters. The van der Waals surface area contributed by atoms with E-state index in [1.54, 1.807) is 10.9 Å². The topological polar surface area (TPSA) is 38.0 Å². The Kier molecular flexibility index (Phi) is 2.69. The van der Waals surface area contributed by atoms with E-state index in [-0.39, 0.29) is 11.4 Å². The molecule has 0 spiro atoms. The van der Waals surface area contributed by atoms with Crippen molar-refractivity contribution < 1.29 is 5.11 Å². The second-order valence-electron chi connectivity index (χ2n) is 5.28. The predicted octanol–water partition coefficient (Wildman–Crippen LogP) is 3.32. The normalized spacial score (nSPS) is 11.8. The molecule has 0 aliphatic rings. The van der Waals surface area contributed by atoms with Gasteiger partial charge in [-0.2, -0.15) is 5.10 Å². The highest BCUT2D eigenvalue weighted by Gasteiger charge is 2.21. The van der Waals surface area contributed by atoms with Gasteiger partial charge in [0.25, 0.3) is 0 Å². The summed E-state index contributed by atoms with van der Waals surface area (Å²) in [7, 11) is 0. The lowest BCUT2D eigenvalue weighted by molar-refractivity contribution is 0.295. The van der Waals surface area contributed by atoms with Gasteiger partial charge in [0, 0.05) is 0 Å². The summed E-state index contributed by atoms with van der Waals surface area (Å²) in [6.45, 7) is 8.08. The van der Waals surface area contributed by atoms with Gasteiger partial charge >= 0.3 is 0 Å². The van der Waals surface area contributed by atoms with Crippen LogP contribution in [0, 0.1) is 6.92 Å². The van der Waals surface area contributed by atoms with Crippen molar-refractivity contribution in [3.8, 4) is 17.0 Å². The highest BCUT2D eigenvalue weighted by Crippen LogP contribution is 2.33. The van der Waals surface area contributed by atoms with E-state index >= 15 is 0 Å². The van der Waals surface area contributed by atoms with Gasteiger partial charge in [0.2, 0.25) is 5.88 Å². The van der Waals surface area contributed by atoms with Crippen molar-refractivity contribution in [2.45, 2.75) is 33.2 Å². The first-order valence-electron chi connectivity index (χ1n) is 5.75. The Balaban J connectivity index is 2.56. The molecule has 1 aromatic carbocycles. The van der Waals surface area contributed by atoms with Crippen molar-refractivity contribution in [2.75, 3.05) is 0 Å². The van der Waals surface area contributed by atoms with Crippen LogP contribution >= 0.6 is 0 Å². The molecule has 17 heavy (non-hydrogen) atoms. The first kappa shape index (κ1) is 11.7. The standard InChI is InChI=1S/C14H18N2O/c1-10-7-5-6-8-11(10)12-9-15-16(13(12)17)14(2,3)4/h5-9,17H,1-4H3. The molecular formula is C14H18N2O. The third-order valence-corrected chi connectivity index (χ3v) is 2.81. The molecule has 2 rings (SSSR count). The van der Waals surface area contributed by atoms with Gasteiger partial charge in [-0.05, 0) is 38.8 Å². The summed E-state index contributed by atoms with van der Waals surface area (Å²) < 4.78 is 1.65. The number of aromatic nitrogens is 2. The van der Waals surface area contributed by atoms with Gasteiger partial charge in [-0.15, -0.1) is 0 Å². The Morgan fingerprint density at radius 2 is 1.76 bits per heavy atom. The summed E-state index contributed by atoms with van der Waals surface area (Å²) in [6.07, 6.45) is 1.73. The van der Waals surface area contributed by atoms with Crippen LogP contribution < -0.4 is 0 Å². The molecule has 0 amide bonds. The minimum Gasteiger partial charge on any atom is -0.493 e. The molecule has 0 unspecified atom stereocenters. The van der Waals surface area contributed by atoms with E-state index in [9.17, 15) is 5.11 Å². The number of benzene rings is 1. The van der Waals surface area contributed by atoms with Crippen molar-refractivity contribution in [2.24, 2.45) is 0 Å². The van der Waals surface area contributed by atoms with Crippen LogP contribution in [-0.2, 0) is 5.54 Å². The van der Waals surface area contributed by atoms with Crippen LogP contribution in [0.15, 0.2) is 30.5 Å². The fourth-order valence-electron chi connectivity index (χ4n) is 1.90. The first-order valence-corrected chi connectivity index (χ1v) is 5.75. The monoisotopic (exact) mass is 230 g/mol. The fraction of sp³-hybridized carbons (Fsp3) is 0.357. The maximum absolute atomic E-state index is 10.2. The van der Waals surface area contributed by atoms with E-state index in [0.717, 1.165) is 16.7 Å². The first-order chi connectivity index (χ1) is 7.91. The minimum atomic E-state index is -0.217. The van der Waals surface area contributed by atoms with Crippen LogP contribution in [0.2, 0.25) is 0 Å². The average Bonchev–Trinajstić information content (AvgIpc) is 2.60. The Hall–Kier alpha value is -1.77. The van der Waals surface area contributed by atoms with Crippen LogP contribution in [0.3, 0.4) is 0 Å². The summed E-state index contributed by atoms with van der Waals surface area (Å²) in [5, 5.41) is 14.5. The van der Waals surface area contributed by atoms with Gasteiger partial charge in [0.1, 0.15) is 0 Å². The summed E-state index contributed by atoms with van der Waals surface area (Å²) in [6, 6.07) is 7.99. The van der Waals surface area contributed by atoms with Crippen LogP contribution in [0.4, 0.5) is 0 Å². The fourth-order valence-corrected chi connectivity index (χ4v) is 1.90. The molecule has 0 bridgehead atoms. The summed E-state index contributed by atoms with van der Waals surface area (Å²) in [5.74, 6) is 0.229. The van der Waals surface area contributed by atoms with Crippen LogP contribution in [0.5, 0.6) is 5.88 Å². The molecule has 3 heteroatoms. The molecule has 0 fully saturated rings. The molecule has 1 N–H and O–H groups in total. The molecular weight excluding hydrogens is 212 g/mol. The van der Waals surface area contributed by atoms with E-state index in [4.69, 9.17) is 0 Å². The van der Waals surface area contributed by atoms with E-state index in [1.807, 2.05) is 52.0 Å². The molecule has 0 saturated heterocycles. The lowest BCUT2D eigenvalue weighted by Crippen LogP contribution is -2.22. The number of aromatic hydroxyl groups is 1. The van der Waals surface area contributed by atoms with Gasteiger partial charge < -0.3 is 5.11 Å². The molecule has 1 heterocycles. The van der Waals surface area contributed by atoms with Gasteiger partial charge in [-0.3, -0.25) is 0 Å². The highest BCUT2D eigenvalue weighted by molar-refractivity contribution is 5.70. The predicted molar refractivity (Wildman–Crippen MR) is 69.1 cm³/mol. The smallest absolute Gasteiger partial charge is 0.217 e. The van der Waals surface area contributed by atoms with Gasteiger partial charge in [0.05, 0.1) is 17.3 Å².